The highest BCUT2D eigenvalue weighted by Gasteiger charge is 2.25. The number of hydrogen-bond donors (Lipinski definition) is 1. The second kappa shape index (κ2) is 7.21. The molecule has 1 aliphatic heterocycles. The van der Waals surface area contributed by atoms with Gasteiger partial charge in [-0.15, -0.1) is 0 Å². The number of rotatable bonds is 5. The van der Waals surface area contributed by atoms with Crippen LogP contribution in [0.5, 0.6) is 0 Å². The highest BCUT2D eigenvalue weighted by molar-refractivity contribution is 5.19. The van der Waals surface area contributed by atoms with Gasteiger partial charge in [-0.1, -0.05) is 30.3 Å². The molecule has 0 bridgehead atoms. The molecule has 0 aromatic heterocycles. The van der Waals surface area contributed by atoms with Gasteiger partial charge in [-0.3, -0.25) is 4.90 Å². The minimum Gasteiger partial charge on any atom is -0.375 e. The van der Waals surface area contributed by atoms with Crippen molar-refractivity contribution < 1.29 is 4.74 Å². The van der Waals surface area contributed by atoms with Gasteiger partial charge in [0.1, 0.15) is 0 Å². The van der Waals surface area contributed by atoms with E-state index in [1.54, 1.807) is 0 Å². The standard InChI is InChI=1S/C17H28N2O/c1-4-20-17(2,3)14-19-12-8-11-18-16(13-19)15-9-6-5-7-10-15/h5-7,9-10,16,18H,4,8,11-14H2,1-3H3. The molecule has 0 amide bonds. The second-order valence-corrected chi connectivity index (χ2v) is 6.20. The zero-order chi connectivity index (χ0) is 14.4. The lowest BCUT2D eigenvalue weighted by Gasteiger charge is -2.33. The molecule has 1 saturated heterocycles. The molecule has 1 heterocycles. The van der Waals surface area contributed by atoms with Crippen LogP contribution in [0.15, 0.2) is 30.3 Å². The van der Waals surface area contributed by atoms with Crippen molar-refractivity contribution in [3.05, 3.63) is 35.9 Å². The van der Waals surface area contributed by atoms with E-state index in [9.17, 15) is 0 Å². The van der Waals surface area contributed by atoms with Crippen molar-refractivity contribution in [2.24, 2.45) is 0 Å². The molecule has 1 fully saturated rings. The molecular weight excluding hydrogens is 248 g/mol. The minimum atomic E-state index is -0.0691. The Balaban J connectivity index is 2.00. The molecule has 1 unspecified atom stereocenters. The molecule has 2 rings (SSSR count). The van der Waals surface area contributed by atoms with Gasteiger partial charge in [0.05, 0.1) is 5.60 Å². The lowest BCUT2D eigenvalue weighted by atomic mass is 10.1. The topological polar surface area (TPSA) is 24.5 Å². The average molecular weight is 276 g/mol. The summed E-state index contributed by atoms with van der Waals surface area (Å²) in [7, 11) is 0. The molecule has 0 radical (unpaired) electrons. The first-order chi connectivity index (χ1) is 9.61. The Morgan fingerprint density at radius 2 is 2.05 bits per heavy atom. The van der Waals surface area contributed by atoms with Gasteiger partial charge in [0.25, 0.3) is 0 Å². The maximum atomic E-state index is 5.85. The summed E-state index contributed by atoms with van der Waals surface area (Å²) in [5.74, 6) is 0. The maximum Gasteiger partial charge on any atom is 0.0752 e. The Kier molecular flexibility index (Phi) is 5.58. The van der Waals surface area contributed by atoms with Crippen LogP contribution in [0.3, 0.4) is 0 Å². The number of ether oxygens (including phenoxy) is 1. The molecule has 1 atom stereocenters. The predicted molar refractivity (Wildman–Crippen MR) is 83.9 cm³/mol. The summed E-state index contributed by atoms with van der Waals surface area (Å²) < 4.78 is 5.85. The first kappa shape index (κ1) is 15.5. The molecule has 1 aliphatic rings. The molecule has 112 valence electrons. The van der Waals surface area contributed by atoms with Crippen LogP contribution in [0.4, 0.5) is 0 Å². The lowest BCUT2D eigenvalue weighted by molar-refractivity contribution is -0.0343. The van der Waals surface area contributed by atoms with Gasteiger partial charge in [0.2, 0.25) is 0 Å². The smallest absolute Gasteiger partial charge is 0.0752 e. The van der Waals surface area contributed by atoms with Crippen LogP contribution < -0.4 is 5.32 Å². The molecule has 0 aliphatic carbocycles. The van der Waals surface area contributed by atoms with E-state index < -0.39 is 0 Å². The Morgan fingerprint density at radius 1 is 1.30 bits per heavy atom. The van der Waals surface area contributed by atoms with Crippen LogP contribution in [-0.2, 0) is 4.74 Å². The fourth-order valence-electron chi connectivity index (χ4n) is 3.02. The highest BCUT2D eigenvalue weighted by atomic mass is 16.5. The van der Waals surface area contributed by atoms with Gasteiger partial charge in [0.15, 0.2) is 0 Å². The quantitative estimate of drug-likeness (QED) is 0.895. The van der Waals surface area contributed by atoms with Gasteiger partial charge in [-0.05, 0) is 45.8 Å². The Morgan fingerprint density at radius 3 is 2.75 bits per heavy atom. The number of hydrogen-bond acceptors (Lipinski definition) is 3. The normalized spacial score (nSPS) is 21.6. The summed E-state index contributed by atoms with van der Waals surface area (Å²) in [6.45, 7) is 11.5. The third-order valence-corrected chi connectivity index (χ3v) is 3.82. The first-order valence-corrected chi connectivity index (χ1v) is 7.75. The largest absolute Gasteiger partial charge is 0.375 e. The van der Waals surface area contributed by atoms with Gasteiger partial charge < -0.3 is 10.1 Å². The molecule has 20 heavy (non-hydrogen) atoms. The third-order valence-electron chi connectivity index (χ3n) is 3.82. The first-order valence-electron chi connectivity index (χ1n) is 7.75. The van der Waals surface area contributed by atoms with Crippen LogP contribution in [0.1, 0.15) is 38.8 Å². The van der Waals surface area contributed by atoms with E-state index in [0.717, 1.165) is 32.8 Å². The van der Waals surface area contributed by atoms with Crippen LogP contribution in [0.2, 0.25) is 0 Å². The van der Waals surface area contributed by atoms with E-state index in [2.05, 4.69) is 61.3 Å². The van der Waals surface area contributed by atoms with Gasteiger partial charge in [-0.25, -0.2) is 0 Å². The van der Waals surface area contributed by atoms with E-state index in [1.165, 1.54) is 12.0 Å². The van der Waals surface area contributed by atoms with E-state index in [4.69, 9.17) is 4.74 Å². The number of nitrogens with zero attached hydrogens (tertiary/aromatic N) is 1. The lowest BCUT2D eigenvalue weighted by Crippen LogP contribution is -2.42. The fraction of sp³-hybridized carbons (Fsp3) is 0.647. The van der Waals surface area contributed by atoms with Crippen molar-refractivity contribution in [2.75, 3.05) is 32.8 Å². The summed E-state index contributed by atoms with van der Waals surface area (Å²) in [6.07, 6.45) is 1.20. The molecular formula is C17H28N2O. The number of benzene rings is 1. The number of nitrogens with one attached hydrogen (secondary N) is 1. The third kappa shape index (κ3) is 4.58. The van der Waals surface area contributed by atoms with Crippen LogP contribution in [0, 0.1) is 0 Å². The van der Waals surface area contributed by atoms with Crippen molar-refractivity contribution in [3.63, 3.8) is 0 Å². The molecule has 0 spiro atoms. The van der Waals surface area contributed by atoms with Gasteiger partial charge in [0, 0.05) is 25.7 Å². The van der Waals surface area contributed by atoms with Gasteiger partial charge in [-0.2, -0.15) is 0 Å². The van der Waals surface area contributed by atoms with Crippen molar-refractivity contribution in [3.8, 4) is 0 Å². The van der Waals surface area contributed by atoms with Crippen molar-refractivity contribution in [1.29, 1.82) is 0 Å². The SMILES string of the molecule is CCOC(C)(C)CN1CCCNC(c2ccccc2)C1. The zero-order valence-electron chi connectivity index (χ0n) is 13.1. The highest BCUT2D eigenvalue weighted by Crippen LogP contribution is 2.19. The second-order valence-electron chi connectivity index (χ2n) is 6.20. The molecule has 1 N–H and O–H groups in total. The van der Waals surface area contributed by atoms with Crippen LogP contribution >= 0.6 is 0 Å². The van der Waals surface area contributed by atoms with E-state index in [1.807, 2.05) is 0 Å². The maximum absolute atomic E-state index is 5.85. The van der Waals surface area contributed by atoms with E-state index >= 15 is 0 Å². The summed E-state index contributed by atoms with van der Waals surface area (Å²) in [5, 5.41) is 3.66. The van der Waals surface area contributed by atoms with E-state index in [-0.39, 0.29) is 5.60 Å². The van der Waals surface area contributed by atoms with Crippen LogP contribution in [-0.4, -0.2) is 43.3 Å². The summed E-state index contributed by atoms with van der Waals surface area (Å²) in [5.41, 5.74) is 1.31. The van der Waals surface area contributed by atoms with Crippen molar-refractivity contribution >= 4 is 0 Å². The predicted octanol–water partition coefficient (Wildman–Crippen LogP) is 2.84. The summed E-state index contributed by atoms with van der Waals surface area (Å²) in [6, 6.07) is 11.2. The molecule has 0 saturated carbocycles. The zero-order valence-corrected chi connectivity index (χ0v) is 13.1. The van der Waals surface area contributed by atoms with Crippen LogP contribution in [0.25, 0.3) is 0 Å². The summed E-state index contributed by atoms with van der Waals surface area (Å²) in [4.78, 5) is 2.54. The van der Waals surface area contributed by atoms with E-state index in [0.29, 0.717) is 6.04 Å². The Labute approximate surface area is 123 Å². The average Bonchev–Trinajstić information content (AvgIpc) is 2.64. The molecule has 1 aromatic rings. The molecule has 3 nitrogen and oxygen atoms in total. The Hall–Kier alpha value is -0.900. The van der Waals surface area contributed by atoms with Crippen molar-refractivity contribution in [2.45, 2.75) is 38.8 Å². The molecule has 1 aromatic carbocycles. The van der Waals surface area contributed by atoms with Gasteiger partial charge >= 0.3 is 0 Å². The van der Waals surface area contributed by atoms with Crippen molar-refractivity contribution in [1.82, 2.24) is 10.2 Å². The molecule has 3 heteroatoms. The minimum absolute atomic E-state index is 0.0691. The summed E-state index contributed by atoms with van der Waals surface area (Å²) >= 11 is 0. The Bertz CT molecular complexity index is 391. The fourth-order valence-corrected chi connectivity index (χ4v) is 3.02. The monoisotopic (exact) mass is 276 g/mol.